The number of aromatic nitrogens is 1. The van der Waals surface area contributed by atoms with Crippen LogP contribution in [0.3, 0.4) is 0 Å². The molecule has 1 aromatic carbocycles. The predicted molar refractivity (Wildman–Crippen MR) is 93.0 cm³/mol. The molecule has 0 N–H and O–H groups in total. The van der Waals surface area contributed by atoms with Crippen LogP contribution in [0.15, 0.2) is 23.2 Å². The molecule has 0 bridgehead atoms. The van der Waals surface area contributed by atoms with Crippen molar-refractivity contribution in [3.63, 3.8) is 0 Å². The molecule has 0 aliphatic heterocycles. The van der Waals surface area contributed by atoms with E-state index in [0.29, 0.717) is 17.1 Å². The van der Waals surface area contributed by atoms with Crippen LogP contribution >= 0.6 is 11.3 Å². The molecular weight excluding hydrogens is 328 g/mol. The second-order valence-electron chi connectivity index (χ2n) is 6.36. The van der Waals surface area contributed by atoms with Crippen molar-refractivity contribution < 1.29 is 19.1 Å². The molecule has 0 radical (unpaired) electrons. The van der Waals surface area contributed by atoms with E-state index < -0.39 is 5.41 Å². The number of carbonyl (C=O) groups is 2. The fourth-order valence-electron chi connectivity index (χ4n) is 2.04. The monoisotopic (exact) mass is 350 g/mol. The molecule has 1 amide bonds. The molecule has 1 aromatic heterocycles. The first-order valence-corrected chi connectivity index (χ1v) is 8.41. The van der Waals surface area contributed by atoms with E-state index in [4.69, 9.17) is 9.47 Å². The highest BCUT2D eigenvalue weighted by atomic mass is 32.1. The molecular formula is C17H22N2O4S. The molecule has 7 heteroatoms. The van der Waals surface area contributed by atoms with Gasteiger partial charge < -0.3 is 14.0 Å². The van der Waals surface area contributed by atoms with Crippen LogP contribution < -0.4 is 9.54 Å². The lowest BCUT2D eigenvalue weighted by Crippen LogP contribution is -2.24. The summed E-state index contributed by atoms with van der Waals surface area (Å²) in [6.45, 7) is 5.87. The van der Waals surface area contributed by atoms with Crippen LogP contribution in [0, 0.1) is 5.41 Å². The Bertz CT molecular complexity index is 827. The highest BCUT2D eigenvalue weighted by molar-refractivity contribution is 7.16. The summed E-state index contributed by atoms with van der Waals surface area (Å²) in [7, 11) is 2.96. The van der Waals surface area contributed by atoms with Crippen molar-refractivity contribution in [2.45, 2.75) is 33.7 Å². The summed E-state index contributed by atoms with van der Waals surface area (Å²) >= 11 is 1.41. The number of ether oxygens (including phenoxy) is 2. The number of amides is 1. The third-order valence-corrected chi connectivity index (χ3v) is 4.55. The highest BCUT2D eigenvalue weighted by Crippen LogP contribution is 2.24. The zero-order chi connectivity index (χ0) is 17.9. The van der Waals surface area contributed by atoms with Crippen molar-refractivity contribution >= 4 is 33.4 Å². The third kappa shape index (κ3) is 4.03. The van der Waals surface area contributed by atoms with Gasteiger partial charge in [0.2, 0.25) is 0 Å². The van der Waals surface area contributed by atoms with Crippen LogP contribution in [0.2, 0.25) is 0 Å². The number of benzene rings is 1. The Kier molecular flexibility index (Phi) is 5.43. The Morgan fingerprint density at radius 3 is 2.54 bits per heavy atom. The van der Waals surface area contributed by atoms with E-state index in [-0.39, 0.29) is 18.3 Å². The van der Waals surface area contributed by atoms with E-state index >= 15 is 0 Å². The molecule has 1 heterocycles. The van der Waals surface area contributed by atoms with Gasteiger partial charge in [-0.1, -0.05) is 32.1 Å². The Morgan fingerprint density at radius 1 is 1.25 bits per heavy atom. The third-order valence-electron chi connectivity index (χ3n) is 3.50. The van der Waals surface area contributed by atoms with E-state index in [9.17, 15) is 9.59 Å². The van der Waals surface area contributed by atoms with Gasteiger partial charge in [-0.05, 0) is 12.1 Å². The van der Waals surface area contributed by atoms with Crippen LogP contribution in [0.4, 0.5) is 0 Å². The lowest BCUT2D eigenvalue weighted by Gasteiger charge is -2.12. The minimum absolute atomic E-state index is 0.201. The topological polar surface area (TPSA) is 69.9 Å². The molecule has 0 aliphatic carbocycles. The molecule has 0 fully saturated rings. The second-order valence-corrected chi connectivity index (χ2v) is 7.37. The maximum absolute atomic E-state index is 12.3. The number of hydrogen-bond donors (Lipinski definition) is 0. The van der Waals surface area contributed by atoms with Gasteiger partial charge in [-0.3, -0.25) is 9.59 Å². The Morgan fingerprint density at radius 2 is 1.96 bits per heavy atom. The molecule has 0 saturated carbocycles. The minimum atomic E-state index is -0.561. The van der Waals surface area contributed by atoms with Crippen LogP contribution in [0.5, 0.6) is 5.75 Å². The van der Waals surface area contributed by atoms with Crippen LogP contribution in [-0.2, 0) is 20.9 Å². The fraction of sp³-hybridized carbons (Fsp3) is 0.471. The Hall–Kier alpha value is -2.15. The number of fused-ring (bicyclic) bond motifs is 1. The van der Waals surface area contributed by atoms with Crippen molar-refractivity contribution in [3.8, 4) is 5.75 Å². The largest absolute Gasteiger partial charge is 0.497 e. The highest BCUT2D eigenvalue weighted by Gasteiger charge is 2.21. The Balaban J connectivity index is 2.58. The van der Waals surface area contributed by atoms with Gasteiger partial charge in [0, 0.05) is 18.0 Å². The van der Waals surface area contributed by atoms with E-state index in [1.165, 1.54) is 18.4 Å². The molecule has 2 aromatic rings. The Labute approximate surface area is 144 Å². The summed E-state index contributed by atoms with van der Waals surface area (Å²) in [5, 5.41) is 0. The first-order chi connectivity index (χ1) is 11.3. The van der Waals surface area contributed by atoms with E-state index in [2.05, 4.69) is 4.99 Å². The van der Waals surface area contributed by atoms with Gasteiger partial charge in [0.1, 0.15) is 5.75 Å². The SMILES string of the molecule is COC(=O)CCn1c(=NC(=O)C(C)(C)C)sc2ccc(OC)cc21. The predicted octanol–water partition coefficient (Wildman–Crippen LogP) is 2.75. The summed E-state index contributed by atoms with van der Waals surface area (Å²) in [5.41, 5.74) is 0.317. The van der Waals surface area contributed by atoms with Crippen molar-refractivity contribution in [2.24, 2.45) is 10.4 Å². The molecule has 24 heavy (non-hydrogen) atoms. The number of thiazole rings is 1. The molecule has 2 rings (SSSR count). The van der Waals surface area contributed by atoms with Crippen molar-refractivity contribution in [1.29, 1.82) is 0 Å². The van der Waals surface area contributed by atoms with Crippen molar-refractivity contribution in [3.05, 3.63) is 23.0 Å². The molecule has 130 valence electrons. The molecule has 0 saturated heterocycles. The zero-order valence-corrected chi connectivity index (χ0v) is 15.4. The first-order valence-electron chi connectivity index (χ1n) is 7.59. The second kappa shape index (κ2) is 7.17. The fourth-order valence-corrected chi connectivity index (χ4v) is 3.07. The average Bonchev–Trinajstić information content (AvgIpc) is 2.87. The maximum Gasteiger partial charge on any atom is 0.307 e. The van der Waals surface area contributed by atoms with Crippen molar-refractivity contribution in [1.82, 2.24) is 4.57 Å². The smallest absolute Gasteiger partial charge is 0.307 e. The van der Waals surface area contributed by atoms with Gasteiger partial charge in [-0.25, -0.2) is 0 Å². The standard InChI is InChI=1S/C17H22N2O4S/c1-17(2,3)15(21)18-16-19(9-8-14(20)23-5)12-10-11(22-4)6-7-13(12)24-16/h6-7,10H,8-9H2,1-5H3. The summed E-state index contributed by atoms with van der Waals surface area (Å²) in [6.07, 6.45) is 0.205. The normalized spacial score (nSPS) is 12.5. The van der Waals surface area contributed by atoms with Gasteiger partial charge in [0.25, 0.3) is 5.91 Å². The van der Waals surface area contributed by atoms with E-state index in [0.717, 1.165) is 10.2 Å². The lowest BCUT2D eigenvalue weighted by molar-refractivity contribution is -0.140. The van der Waals surface area contributed by atoms with Gasteiger partial charge in [0.05, 0.1) is 30.9 Å². The molecule has 6 nitrogen and oxygen atoms in total. The molecule has 0 unspecified atom stereocenters. The molecule has 0 spiro atoms. The first kappa shape index (κ1) is 18.2. The minimum Gasteiger partial charge on any atom is -0.497 e. The quantitative estimate of drug-likeness (QED) is 0.795. The molecule has 0 atom stereocenters. The number of nitrogens with zero attached hydrogens (tertiary/aromatic N) is 2. The number of rotatable bonds is 4. The number of esters is 1. The van der Waals surface area contributed by atoms with Crippen LogP contribution in [0.25, 0.3) is 10.2 Å². The zero-order valence-electron chi connectivity index (χ0n) is 14.6. The number of aryl methyl sites for hydroxylation is 1. The van der Waals surface area contributed by atoms with Crippen LogP contribution in [-0.4, -0.2) is 30.7 Å². The lowest BCUT2D eigenvalue weighted by atomic mass is 9.96. The summed E-state index contributed by atoms with van der Waals surface area (Å²) in [6, 6.07) is 5.66. The molecule has 0 aliphatic rings. The van der Waals surface area contributed by atoms with Gasteiger partial charge in [-0.2, -0.15) is 4.99 Å². The van der Waals surface area contributed by atoms with Gasteiger partial charge >= 0.3 is 5.97 Å². The van der Waals surface area contributed by atoms with Gasteiger partial charge in [0.15, 0.2) is 4.80 Å². The summed E-state index contributed by atoms with van der Waals surface area (Å²) < 4.78 is 12.8. The number of carbonyl (C=O) groups excluding carboxylic acids is 2. The van der Waals surface area contributed by atoms with E-state index in [1.807, 2.05) is 43.5 Å². The summed E-state index contributed by atoms with van der Waals surface area (Å²) in [4.78, 5) is 28.6. The average molecular weight is 350 g/mol. The van der Waals surface area contributed by atoms with Crippen molar-refractivity contribution in [2.75, 3.05) is 14.2 Å². The summed E-state index contributed by atoms with van der Waals surface area (Å²) in [5.74, 6) is 0.200. The van der Waals surface area contributed by atoms with E-state index in [1.54, 1.807) is 7.11 Å². The van der Waals surface area contributed by atoms with Gasteiger partial charge in [-0.15, -0.1) is 0 Å². The number of methoxy groups -OCH3 is 2. The maximum atomic E-state index is 12.3. The van der Waals surface area contributed by atoms with Crippen LogP contribution in [0.1, 0.15) is 27.2 Å². The number of hydrogen-bond acceptors (Lipinski definition) is 5.